The molecule has 1 rings (SSSR count). The number of rotatable bonds is 7. The van der Waals surface area contributed by atoms with Crippen molar-refractivity contribution in [3.8, 4) is 0 Å². The van der Waals surface area contributed by atoms with Crippen LogP contribution in [0, 0.1) is 5.82 Å². The first-order valence-electron chi connectivity index (χ1n) is 6.90. The lowest BCUT2D eigenvalue weighted by Crippen LogP contribution is -2.31. The highest BCUT2D eigenvalue weighted by molar-refractivity contribution is 5.69. The third kappa shape index (κ3) is 6.15. The second-order valence-corrected chi connectivity index (χ2v) is 5.53. The summed E-state index contributed by atoms with van der Waals surface area (Å²) in [6, 6.07) is 6.23. The van der Waals surface area contributed by atoms with Gasteiger partial charge in [0.2, 0.25) is 0 Å². The van der Waals surface area contributed by atoms with Gasteiger partial charge >= 0.3 is 5.97 Å². The second-order valence-electron chi connectivity index (χ2n) is 5.53. The Labute approximate surface area is 120 Å². The summed E-state index contributed by atoms with van der Waals surface area (Å²) in [6.07, 6.45) is 0.798. The van der Waals surface area contributed by atoms with Crippen molar-refractivity contribution >= 4 is 5.97 Å². The molecule has 0 radical (unpaired) electrons. The van der Waals surface area contributed by atoms with Crippen molar-refractivity contribution in [2.24, 2.45) is 0 Å². The Morgan fingerprint density at radius 2 is 1.90 bits per heavy atom. The minimum absolute atomic E-state index is 0.189. The number of carbonyl (C=O) groups is 1. The van der Waals surface area contributed by atoms with E-state index in [-0.39, 0.29) is 17.9 Å². The van der Waals surface area contributed by atoms with E-state index < -0.39 is 5.60 Å². The number of halogens is 1. The van der Waals surface area contributed by atoms with Crippen molar-refractivity contribution in [1.82, 2.24) is 0 Å². The summed E-state index contributed by atoms with van der Waals surface area (Å²) in [5.74, 6) is -0.458. The molecule has 0 spiro atoms. The van der Waals surface area contributed by atoms with Gasteiger partial charge in [0.25, 0.3) is 0 Å². The Balaban J connectivity index is 2.44. The Bertz CT molecular complexity index is 426. The normalized spacial score (nSPS) is 13.1. The van der Waals surface area contributed by atoms with Crippen molar-refractivity contribution in [1.29, 1.82) is 0 Å². The third-order valence-corrected chi connectivity index (χ3v) is 2.94. The van der Waals surface area contributed by atoms with Crippen LogP contribution in [0.15, 0.2) is 24.3 Å². The summed E-state index contributed by atoms with van der Waals surface area (Å²) >= 11 is 0. The molecule has 0 saturated carbocycles. The lowest BCUT2D eigenvalue weighted by atomic mass is 10.0. The molecule has 1 atom stereocenters. The van der Waals surface area contributed by atoms with Gasteiger partial charge in [-0.3, -0.25) is 4.79 Å². The molecule has 1 aromatic carbocycles. The van der Waals surface area contributed by atoms with Gasteiger partial charge in [0, 0.05) is 12.8 Å². The minimum Gasteiger partial charge on any atom is -0.463 e. The first-order valence-corrected chi connectivity index (χ1v) is 6.90. The first-order chi connectivity index (χ1) is 9.32. The van der Waals surface area contributed by atoms with Crippen LogP contribution >= 0.6 is 0 Å². The van der Waals surface area contributed by atoms with Gasteiger partial charge in [-0.1, -0.05) is 19.1 Å². The maximum absolute atomic E-state index is 12.8. The van der Waals surface area contributed by atoms with E-state index in [4.69, 9.17) is 9.47 Å². The molecular formula is C16H23FO3. The van der Waals surface area contributed by atoms with Crippen LogP contribution in [0.3, 0.4) is 0 Å². The van der Waals surface area contributed by atoms with Gasteiger partial charge in [-0.15, -0.1) is 0 Å². The quantitative estimate of drug-likeness (QED) is 0.712. The zero-order chi connectivity index (χ0) is 15.2. The molecule has 0 aliphatic rings. The van der Waals surface area contributed by atoms with Gasteiger partial charge < -0.3 is 9.47 Å². The molecule has 0 bridgehead atoms. The number of hydrogen-bond acceptors (Lipinski definition) is 3. The van der Waals surface area contributed by atoms with Crippen LogP contribution in [-0.2, 0) is 20.9 Å². The van der Waals surface area contributed by atoms with E-state index in [2.05, 4.69) is 0 Å². The predicted molar refractivity (Wildman–Crippen MR) is 75.7 cm³/mol. The average Bonchev–Trinajstić information content (AvgIpc) is 2.37. The van der Waals surface area contributed by atoms with Crippen LogP contribution in [0.4, 0.5) is 4.39 Å². The molecule has 3 nitrogen and oxygen atoms in total. The van der Waals surface area contributed by atoms with Crippen molar-refractivity contribution in [2.75, 3.05) is 0 Å². The van der Waals surface area contributed by atoms with E-state index in [1.165, 1.54) is 12.1 Å². The maximum Gasteiger partial charge on any atom is 0.305 e. The number of ether oxygens (including phenoxy) is 2. The van der Waals surface area contributed by atoms with E-state index in [1.807, 2.05) is 20.8 Å². The fraction of sp³-hybridized carbons (Fsp3) is 0.562. The smallest absolute Gasteiger partial charge is 0.305 e. The standard InChI is InChI=1S/C16H23FO3/c1-5-15(18)20-12(2)10-16(3,4)19-11-13-6-8-14(17)9-7-13/h6-9,12H,5,10-11H2,1-4H3. The van der Waals surface area contributed by atoms with E-state index in [0.717, 1.165) is 5.56 Å². The van der Waals surface area contributed by atoms with Gasteiger partial charge in [-0.05, 0) is 38.5 Å². The van der Waals surface area contributed by atoms with E-state index >= 15 is 0 Å². The maximum atomic E-state index is 12.8. The Kier molecular flexibility index (Phi) is 6.14. The molecule has 0 aromatic heterocycles. The van der Waals surface area contributed by atoms with Crippen LogP contribution in [-0.4, -0.2) is 17.7 Å². The highest BCUT2D eigenvalue weighted by Gasteiger charge is 2.23. The van der Waals surface area contributed by atoms with Gasteiger partial charge in [0.05, 0.1) is 12.2 Å². The molecule has 0 heterocycles. The molecule has 0 fully saturated rings. The number of hydrogen-bond donors (Lipinski definition) is 0. The van der Waals surface area contributed by atoms with Crippen molar-refractivity contribution in [3.05, 3.63) is 35.6 Å². The minimum atomic E-state index is -0.415. The Hall–Kier alpha value is -1.42. The highest BCUT2D eigenvalue weighted by Crippen LogP contribution is 2.21. The van der Waals surface area contributed by atoms with E-state index in [1.54, 1.807) is 19.1 Å². The van der Waals surface area contributed by atoms with Crippen LogP contribution in [0.1, 0.15) is 46.1 Å². The van der Waals surface area contributed by atoms with Crippen LogP contribution in [0.25, 0.3) is 0 Å². The first kappa shape index (κ1) is 16.6. The van der Waals surface area contributed by atoms with Crippen molar-refractivity contribution in [3.63, 3.8) is 0 Å². The summed E-state index contributed by atoms with van der Waals surface area (Å²) in [4.78, 5) is 11.2. The lowest BCUT2D eigenvalue weighted by Gasteiger charge is -2.28. The average molecular weight is 282 g/mol. The van der Waals surface area contributed by atoms with Gasteiger partial charge in [-0.25, -0.2) is 4.39 Å². The summed E-state index contributed by atoms with van der Waals surface area (Å²) < 4.78 is 23.9. The monoisotopic (exact) mass is 282 g/mol. The number of carbonyl (C=O) groups excluding carboxylic acids is 1. The molecule has 1 aromatic rings. The highest BCUT2D eigenvalue weighted by atomic mass is 19.1. The van der Waals surface area contributed by atoms with E-state index in [9.17, 15) is 9.18 Å². The molecule has 0 N–H and O–H groups in total. The Morgan fingerprint density at radius 3 is 2.45 bits per heavy atom. The SMILES string of the molecule is CCC(=O)OC(C)CC(C)(C)OCc1ccc(F)cc1. The number of benzene rings is 1. The third-order valence-electron chi connectivity index (χ3n) is 2.94. The predicted octanol–water partition coefficient (Wildman–Crippen LogP) is 3.85. The van der Waals surface area contributed by atoms with Crippen molar-refractivity contribution in [2.45, 2.75) is 58.8 Å². The molecule has 4 heteroatoms. The topological polar surface area (TPSA) is 35.5 Å². The van der Waals surface area contributed by atoms with E-state index in [0.29, 0.717) is 19.4 Å². The Morgan fingerprint density at radius 1 is 1.30 bits per heavy atom. The summed E-state index contributed by atoms with van der Waals surface area (Å²) in [5, 5.41) is 0. The molecule has 0 amide bonds. The molecule has 112 valence electrons. The lowest BCUT2D eigenvalue weighted by molar-refractivity contribution is -0.151. The number of esters is 1. The van der Waals surface area contributed by atoms with Gasteiger partial charge in [0.1, 0.15) is 11.9 Å². The van der Waals surface area contributed by atoms with Crippen LogP contribution in [0.2, 0.25) is 0 Å². The summed E-state index contributed by atoms with van der Waals surface area (Å²) in [6.45, 7) is 7.93. The fourth-order valence-electron chi connectivity index (χ4n) is 1.96. The van der Waals surface area contributed by atoms with Crippen LogP contribution < -0.4 is 0 Å². The van der Waals surface area contributed by atoms with Crippen LogP contribution in [0.5, 0.6) is 0 Å². The molecule has 20 heavy (non-hydrogen) atoms. The zero-order valence-corrected chi connectivity index (χ0v) is 12.6. The zero-order valence-electron chi connectivity index (χ0n) is 12.6. The fourth-order valence-corrected chi connectivity index (χ4v) is 1.96. The molecule has 0 aliphatic heterocycles. The molecule has 0 saturated heterocycles. The molecular weight excluding hydrogens is 259 g/mol. The summed E-state index contributed by atoms with van der Waals surface area (Å²) in [7, 11) is 0. The largest absolute Gasteiger partial charge is 0.463 e. The van der Waals surface area contributed by atoms with Gasteiger partial charge in [-0.2, -0.15) is 0 Å². The second kappa shape index (κ2) is 7.39. The molecule has 0 aliphatic carbocycles. The molecule has 1 unspecified atom stereocenters. The summed E-state index contributed by atoms with van der Waals surface area (Å²) in [5.41, 5.74) is 0.500. The van der Waals surface area contributed by atoms with Gasteiger partial charge in [0.15, 0.2) is 0 Å². The van der Waals surface area contributed by atoms with Crippen molar-refractivity contribution < 1.29 is 18.7 Å².